The Bertz CT molecular complexity index is 1490. The number of halogens is 1. The third-order valence-corrected chi connectivity index (χ3v) is 7.70. The summed E-state index contributed by atoms with van der Waals surface area (Å²) >= 11 is 7.70. The number of thiophene rings is 1. The smallest absolute Gasteiger partial charge is 0.277 e. The van der Waals surface area contributed by atoms with Crippen molar-refractivity contribution in [2.45, 2.75) is 45.8 Å². The third kappa shape index (κ3) is 4.56. The summed E-state index contributed by atoms with van der Waals surface area (Å²) in [6.07, 6.45) is 1.67. The van der Waals surface area contributed by atoms with Gasteiger partial charge in [0.2, 0.25) is 5.95 Å². The van der Waals surface area contributed by atoms with Crippen LogP contribution >= 0.6 is 22.9 Å². The van der Waals surface area contributed by atoms with Gasteiger partial charge in [0.05, 0.1) is 17.9 Å². The first-order valence-electron chi connectivity index (χ1n) is 11.8. The Labute approximate surface area is 213 Å². The molecule has 0 bridgehead atoms. The number of hydrogen-bond donors (Lipinski definition) is 1. The molecule has 184 valence electrons. The van der Waals surface area contributed by atoms with E-state index in [0.29, 0.717) is 40.0 Å². The molecule has 3 aromatic heterocycles. The van der Waals surface area contributed by atoms with Crippen molar-refractivity contribution < 1.29 is 4.74 Å². The van der Waals surface area contributed by atoms with Crippen molar-refractivity contribution in [1.82, 2.24) is 19.4 Å². The summed E-state index contributed by atoms with van der Waals surface area (Å²) in [7, 11) is 4.10. The third-order valence-electron chi connectivity index (χ3n) is 6.40. The van der Waals surface area contributed by atoms with Gasteiger partial charge in [0, 0.05) is 34.6 Å². The summed E-state index contributed by atoms with van der Waals surface area (Å²) < 4.78 is 8.31. The SMILES string of the molecule is Cc1nc2sc3c(=O)n(-c4cccc(Cl)c4)c(NCCCN(C)C)nc3c2c2c1COC(C)(C)C2. The van der Waals surface area contributed by atoms with Crippen molar-refractivity contribution in [3.05, 3.63) is 56.5 Å². The molecule has 1 aliphatic heterocycles. The molecule has 5 rings (SSSR count). The average Bonchev–Trinajstić information content (AvgIpc) is 3.14. The Hall–Kier alpha value is -2.52. The molecular formula is C26H30ClN5O2S. The summed E-state index contributed by atoms with van der Waals surface area (Å²) in [6, 6.07) is 7.31. The number of rotatable bonds is 6. The Morgan fingerprint density at radius 3 is 2.80 bits per heavy atom. The van der Waals surface area contributed by atoms with E-state index in [1.165, 1.54) is 16.9 Å². The predicted molar refractivity (Wildman–Crippen MR) is 144 cm³/mol. The minimum atomic E-state index is -0.287. The lowest BCUT2D eigenvalue weighted by molar-refractivity contribution is -0.0400. The number of benzene rings is 1. The highest BCUT2D eigenvalue weighted by Gasteiger charge is 2.31. The molecule has 1 aliphatic rings. The molecule has 9 heteroatoms. The minimum absolute atomic E-state index is 0.118. The molecule has 0 atom stereocenters. The van der Waals surface area contributed by atoms with Gasteiger partial charge in [-0.2, -0.15) is 0 Å². The molecule has 0 saturated heterocycles. The lowest BCUT2D eigenvalue weighted by Gasteiger charge is -2.32. The highest BCUT2D eigenvalue weighted by atomic mass is 35.5. The number of hydrogen-bond acceptors (Lipinski definition) is 7. The zero-order valence-corrected chi connectivity index (χ0v) is 22.3. The number of nitrogens with zero attached hydrogens (tertiary/aromatic N) is 4. The maximum atomic E-state index is 13.9. The normalized spacial score (nSPS) is 15.2. The van der Waals surface area contributed by atoms with Crippen molar-refractivity contribution in [1.29, 1.82) is 0 Å². The van der Waals surface area contributed by atoms with Crippen molar-refractivity contribution >= 4 is 49.3 Å². The summed E-state index contributed by atoms with van der Waals surface area (Å²) in [4.78, 5) is 26.8. The highest BCUT2D eigenvalue weighted by molar-refractivity contribution is 7.25. The van der Waals surface area contributed by atoms with E-state index < -0.39 is 0 Å². The number of aryl methyl sites for hydroxylation is 1. The number of aromatic nitrogens is 3. The Morgan fingerprint density at radius 2 is 2.06 bits per heavy atom. The van der Waals surface area contributed by atoms with Crippen molar-refractivity contribution in [2.75, 3.05) is 32.5 Å². The molecule has 0 radical (unpaired) electrons. The molecule has 1 N–H and O–H groups in total. The van der Waals surface area contributed by atoms with Crippen LogP contribution in [0.25, 0.3) is 26.1 Å². The fourth-order valence-electron chi connectivity index (χ4n) is 4.66. The van der Waals surface area contributed by atoms with Gasteiger partial charge in [-0.1, -0.05) is 17.7 Å². The second kappa shape index (κ2) is 9.17. The van der Waals surface area contributed by atoms with Crippen LogP contribution in [-0.2, 0) is 17.8 Å². The van der Waals surface area contributed by atoms with Gasteiger partial charge < -0.3 is 15.0 Å². The maximum absolute atomic E-state index is 13.9. The number of anilines is 1. The lowest BCUT2D eigenvalue weighted by Crippen LogP contribution is -2.32. The Morgan fingerprint density at radius 1 is 1.26 bits per heavy atom. The fourth-order valence-corrected chi connectivity index (χ4v) is 5.96. The summed E-state index contributed by atoms with van der Waals surface area (Å²) in [5.74, 6) is 0.517. The Kier molecular flexibility index (Phi) is 6.34. The van der Waals surface area contributed by atoms with Gasteiger partial charge in [0.1, 0.15) is 15.0 Å². The topological polar surface area (TPSA) is 72.3 Å². The molecule has 0 spiro atoms. The largest absolute Gasteiger partial charge is 0.370 e. The van der Waals surface area contributed by atoms with Crippen LogP contribution in [0.4, 0.5) is 5.95 Å². The van der Waals surface area contributed by atoms with Gasteiger partial charge in [-0.3, -0.25) is 4.79 Å². The molecule has 1 aromatic carbocycles. The van der Waals surface area contributed by atoms with E-state index in [-0.39, 0.29) is 11.2 Å². The Balaban J connectivity index is 1.75. The quantitative estimate of drug-likeness (QED) is 0.360. The van der Waals surface area contributed by atoms with E-state index in [0.717, 1.165) is 40.9 Å². The van der Waals surface area contributed by atoms with Crippen molar-refractivity contribution in [3.63, 3.8) is 0 Å². The van der Waals surface area contributed by atoms with Gasteiger partial charge in [-0.25, -0.2) is 14.5 Å². The molecule has 0 unspecified atom stereocenters. The first kappa shape index (κ1) is 24.2. The molecule has 35 heavy (non-hydrogen) atoms. The predicted octanol–water partition coefficient (Wildman–Crippen LogP) is 5.17. The van der Waals surface area contributed by atoms with E-state index in [1.807, 2.05) is 33.2 Å². The van der Waals surface area contributed by atoms with Gasteiger partial charge in [-0.15, -0.1) is 11.3 Å². The molecule has 0 fully saturated rings. The highest BCUT2D eigenvalue weighted by Crippen LogP contribution is 2.40. The monoisotopic (exact) mass is 511 g/mol. The van der Waals surface area contributed by atoms with Crippen LogP contribution in [0, 0.1) is 6.92 Å². The van der Waals surface area contributed by atoms with Crippen LogP contribution in [-0.4, -0.2) is 52.2 Å². The van der Waals surface area contributed by atoms with Crippen LogP contribution in [0.5, 0.6) is 0 Å². The van der Waals surface area contributed by atoms with Crippen molar-refractivity contribution in [2.24, 2.45) is 0 Å². The van der Waals surface area contributed by atoms with Crippen LogP contribution in [0.2, 0.25) is 5.02 Å². The van der Waals surface area contributed by atoms with Gasteiger partial charge >= 0.3 is 0 Å². The molecule has 0 saturated carbocycles. The molecule has 4 aromatic rings. The van der Waals surface area contributed by atoms with Gasteiger partial charge in [0.15, 0.2) is 0 Å². The molecule has 4 heterocycles. The van der Waals surface area contributed by atoms with E-state index in [4.69, 9.17) is 26.3 Å². The van der Waals surface area contributed by atoms with Gasteiger partial charge in [-0.05, 0) is 71.6 Å². The van der Waals surface area contributed by atoms with E-state index in [9.17, 15) is 4.79 Å². The summed E-state index contributed by atoms with van der Waals surface area (Å²) in [6.45, 7) is 8.36. The number of pyridine rings is 1. The first-order chi connectivity index (χ1) is 16.6. The summed E-state index contributed by atoms with van der Waals surface area (Å²) in [5, 5.41) is 4.97. The van der Waals surface area contributed by atoms with E-state index in [2.05, 4.69) is 24.1 Å². The van der Waals surface area contributed by atoms with Crippen LogP contribution < -0.4 is 10.9 Å². The second-order valence-corrected chi connectivity index (χ2v) is 11.4. The molecule has 7 nitrogen and oxygen atoms in total. The first-order valence-corrected chi connectivity index (χ1v) is 13.0. The second-order valence-electron chi connectivity index (χ2n) is 9.98. The molecular weight excluding hydrogens is 482 g/mol. The summed E-state index contributed by atoms with van der Waals surface area (Å²) in [5.41, 5.74) is 4.25. The molecule has 0 aliphatic carbocycles. The van der Waals surface area contributed by atoms with E-state index in [1.54, 1.807) is 16.7 Å². The maximum Gasteiger partial charge on any atom is 0.277 e. The number of fused-ring (bicyclic) bond motifs is 5. The number of ether oxygens (including phenoxy) is 1. The van der Waals surface area contributed by atoms with Gasteiger partial charge in [0.25, 0.3) is 5.56 Å². The van der Waals surface area contributed by atoms with Crippen LogP contribution in [0.1, 0.15) is 37.1 Å². The van der Waals surface area contributed by atoms with Crippen LogP contribution in [0.15, 0.2) is 29.1 Å². The van der Waals surface area contributed by atoms with Crippen LogP contribution in [0.3, 0.4) is 0 Å². The average molecular weight is 512 g/mol. The zero-order chi connectivity index (χ0) is 24.9. The van der Waals surface area contributed by atoms with Crippen molar-refractivity contribution in [3.8, 4) is 5.69 Å². The molecule has 0 amide bonds. The fraction of sp³-hybridized carbons (Fsp3) is 0.423. The lowest BCUT2D eigenvalue weighted by atomic mass is 9.89. The van der Waals surface area contributed by atoms with E-state index >= 15 is 0 Å². The minimum Gasteiger partial charge on any atom is -0.370 e. The number of nitrogens with one attached hydrogen (secondary N) is 1. The standard InChI is InChI=1S/C26H30ClN5O2S/c1-15-19-14-34-26(2,3)13-18(19)20-21-22(35-23(20)29-15)24(33)32(17-9-6-8-16(27)12-17)25(30-21)28-10-7-11-31(4)5/h6,8-9,12H,7,10-11,13-14H2,1-5H3,(H,28,30). The zero-order valence-electron chi connectivity index (χ0n) is 20.7.